The average Bonchev–Trinajstić information content (AvgIpc) is 2.50. The predicted octanol–water partition coefficient (Wildman–Crippen LogP) is 3.03. The smallest absolute Gasteiger partial charge is 0.224 e. The Labute approximate surface area is 128 Å². The fourth-order valence-electron chi connectivity index (χ4n) is 2.11. The van der Waals surface area contributed by atoms with Gasteiger partial charge < -0.3 is 15.8 Å². The van der Waals surface area contributed by atoms with Crippen molar-refractivity contribution in [3.63, 3.8) is 0 Å². The third-order valence-electron chi connectivity index (χ3n) is 3.88. The highest BCUT2D eigenvalue weighted by molar-refractivity contribution is 5.79. The molecule has 0 aliphatic rings. The van der Waals surface area contributed by atoms with Crippen molar-refractivity contribution in [1.29, 1.82) is 0 Å². The number of amides is 1. The molecule has 1 aromatic carbocycles. The Hall–Kier alpha value is -1.55. The van der Waals surface area contributed by atoms with Crippen molar-refractivity contribution >= 4 is 5.91 Å². The van der Waals surface area contributed by atoms with Crippen LogP contribution in [0.1, 0.15) is 51.6 Å². The third-order valence-corrected chi connectivity index (χ3v) is 3.88. The molecule has 1 amide bonds. The van der Waals surface area contributed by atoms with Gasteiger partial charge in [-0.2, -0.15) is 0 Å². The van der Waals surface area contributed by atoms with Gasteiger partial charge in [0.05, 0.1) is 13.2 Å². The molecule has 3 unspecified atom stereocenters. The zero-order valence-electron chi connectivity index (χ0n) is 13.6. The number of nitrogens with one attached hydrogen (secondary N) is 1. The summed E-state index contributed by atoms with van der Waals surface area (Å²) in [6, 6.07) is 7.76. The van der Waals surface area contributed by atoms with Gasteiger partial charge in [-0.15, -0.1) is 0 Å². The lowest BCUT2D eigenvalue weighted by molar-refractivity contribution is -0.125. The molecule has 1 rings (SSSR count). The van der Waals surface area contributed by atoms with Crippen LogP contribution in [-0.4, -0.2) is 19.1 Å². The minimum absolute atomic E-state index is 0.0157. The van der Waals surface area contributed by atoms with E-state index in [2.05, 4.69) is 12.2 Å². The quantitative estimate of drug-likeness (QED) is 0.774. The summed E-state index contributed by atoms with van der Waals surface area (Å²) in [6.45, 7) is 5.88. The summed E-state index contributed by atoms with van der Waals surface area (Å²) in [5.74, 6) is 0.651. The second-order valence-electron chi connectivity index (χ2n) is 5.62. The Morgan fingerprint density at radius 1 is 1.29 bits per heavy atom. The van der Waals surface area contributed by atoms with Gasteiger partial charge in [0.25, 0.3) is 0 Å². The molecule has 21 heavy (non-hydrogen) atoms. The van der Waals surface area contributed by atoms with Gasteiger partial charge in [-0.05, 0) is 31.0 Å². The highest BCUT2D eigenvalue weighted by atomic mass is 16.5. The zero-order valence-corrected chi connectivity index (χ0v) is 13.6. The monoisotopic (exact) mass is 292 g/mol. The summed E-state index contributed by atoms with van der Waals surface area (Å²) in [7, 11) is 1.65. The number of nitrogens with two attached hydrogens (primary N) is 1. The lowest BCUT2D eigenvalue weighted by Crippen LogP contribution is -2.40. The molecule has 4 nitrogen and oxygen atoms in total. The maximum atomic E-state index is 12.2. The number of unbranched alkanes of at least 4 members (excludes halogenated alkanes) is 1. The second kappa shape index (κ2) is 8.67. The van der Waals surface area contributed by atoms with Crippen LogP contribution in [0.4, 0.5) is 0 Å². The topological polar surface area (TPSA) is 64.4 Å². The Balaban J connectivity index is 2.81. The molecule has 3 N–H and O–H groups in total. The van der Waals surface area contributed by atoms with E-state index < -0.39 is 0 Å². The molecule has 3 atom stereocenters. The number of hydrogen-bond donors (Lipinski definition) is 2. The van der Waals surface area contributed by atoms with Gasteiger partial charge in [0, 0.05) is 12.0 Å². The standard InChI is InChI=1S/C17H28N2O2/c1-5-6-7-16(19-17(20)12(2)13(3)18)14-8-10-15(21-4)11-9-14/h8-13,16H,5-7,18H2,1-4H3,(H,19,20). The van der Waals surface area contributed by atoms with Crippen LogP contribution >= 0.6 is 0 Å². The Morgan fingerprint density at radius 3 is 2.38 bits per heavy atom. The summed E-state index contributed by atoms with van der Waals surface area (Å²) in [5.41, 5.74) is 6.92. The summed E-state index contributed by atoms with van der Waals surface area (Å²) in [4.78, 5) is 12.2. The molecule has 0 saturated heterocycles. The van der Waals surface area contributed by atoms with Crippen molar-refractivity contribution in [2.45, 2.75) is 52.1 Å². The van der Waals surface area contributed by atoms with E-state index in [4.69, 9.17) is 10.5 Å². The van der Waals surface area contributed by atoms with Crippen molar-refractivity contribution in [3.05, 3.63) is 29.8 Å². The maximum Gasteiger partial charge on any atom is 0.224 e. The van der Waals surface area contributed by atoms with Gasteiger partial charge in [0.2, 0.25) is 5.91 Å². The summed E-state index contributed by atoms with van der Waals surface area (Å²) < 4.78 is 5.18. The van der Waals surface area contributed by atoms with E-state index in [1.807, 2.05) is 38.1 Å². The van der Waals surface area contributed by atoms with Gasteiger partial charge in [-0.3, -0.25) is 4.79 Å². The minimum Gasteiger partial charge on any atom is -0.497 e. The van der Waals surface area contributed by atoms with E-state index in [-0.39, 0.29) is 23.9 Å². The van der Waals surface area contributed by atoms with Crippen molar-refractivity contribution in [2.75, 3.05) is 7.11 Å². The van der Waals surface area contributed by atoms with Crippen molar-refractivity contribution in [3.8, 4) is 5.75 Å². The molecule has 0 aliphatic carbocycles. The summed E-state index contributed by atoms with van der Waals surface area (Å²) in [6.07, 6.45) is 3.11. The molecule has 1 aromatic rings. The van der Waals surface area contributed by atoms with Crippen LogP contribution in [-0.2, 0) is 4.79 Å². The van der Waals surface area contributed by atoms with Crippen molar-refractivity contribution in [2.24, 2.45) is 11.7 Å². The molecule has 0 saturated carbocycles. The molecular weight excluding hydrogens is 264 g/mol. The molecule has 0 aliphatic heterocycles. The van der Waals surface area contributed by atoms with Gasteiger partial charge in [0.1, 0.15) is 5.75 Å². The first-order chi connectivity index (χ1) is 9.99. The Kier molecular flexibility index (Phi) is 7.23. The van der Waals surface area contributed by atoms with Crippen LogP contribution in [0.3, 0.4) is 0 Å². The van der Waals surface area contributed by atoms with Gasteiger partial charge in [0.15, 0.2) is 0 Å². The normalized spacial score (nSPS) is 15.1. The van der Waals surface area contributed by atoms with E-state index in [1.165, 1.54) is 0 Å². The van der Waals surface area contributed by atoms with Crippen LogP contribution < -0.4 is 15.8 Å². The van der Waals surface area contributed by atoms with Crippen LogP contribution in [0.25, 0.3) is 0 Å². The van der Waals surface area contributed by atoms with E-state index in [1.54, 1.807) is 7.11 Å². The lowest BCUT2D eigenvalue weighted by Gasteiger charge is -2.23. The minimum atomic E-state index is -0.188. The lowest BCUT2D eigenvalue weighted by atomic mass is 9.98. The number of carbonyl (C=O) groups excluding carboxylic acids is 1. The molecule has 0 spiro atoms. The predicted molar refractivity (Wildman–Crippen MR) is 86.2 cm³/mol. The molecule has 0 fully saturated rings. The molecule has 118 valence electrons. The molecule has 0 heterocycles. The van der Waals surface area contributed by atoms with Crippen LogP contribution in [0.2, 0.25) is 0 Å². The summed E-state index contributed by atoms with van der Waals surface area (Å²) in [5, 5.41) is 3.13. The first-order valence-corrected chi connectivity index (χ1v) is 7.69. The van der Waals surface area contributed by atoms with Crippen molar-refractivity contribution < 1.29 is 9.53 Å². The SMILES string of the molecule is CCCCC(NC(=O)C(C)C(C)N)c1ccc(OC)cc1. The van der Waals surface area contributed by atoms with Gasteiger partial charge in [-0.1, -0.05) is 38.8 Å². The van der Waals surface area contributed by atoms with Crippen LogP contribution in [0, 0.1) is 5.92 Å². The molecular formula is C17H28N2O2. The van der Waals surface area contributed by atoms with E-state index >= 15 is 0 Å². The summed E-state index contributed by atoms with van der Waals surface area (Å²) >= 11 is 0. The van der Waals surface area contributed by atoms with E-state index in [0.29, 0.717) is 0 Å². The number of ether oxygens (including phenoxy) is 1. The van der Waals surface area contributed by atoms with E-state index in [0.717, 1.165) is 30.6 Å². The van der Waals surface area contributed by atoms with Crippen LogP contribution in [0.15, 0.2) is 24.3 Å². The number of methoxy groups -OCH3 is 1. The number of rotatable bonds is 8. The van der Waals surface area contributed by atoms with E-state index in [9.17, 15) is 4.79 Å². The first-order valence-electron chi connectivity index (χ1n) is 7.69. The Bertz CT molecular complexity index is 429. The highest BCUT2D eigenvalue weighted by Gasteiger charge is 2.21. The molecule has 0 aromatic heterocycles. The van der Waals surface area contributed by atoms with Gasteiger partial charge >= 0.3 is 0 Å². The first kappa shape index (κ1) is 17.5. The third kappa shape index (κ3) is 5.38. The highest BCUT2D eigenvalue weighted by Crippen LogP contribution is 2.22. The largest absolute Gasteiger partial charge is 0.497 e. The number of carbonyl (C=O) groups is 1. The number of benzene rings is 1. The second-order valence-corrected chi connectivity index (χ2v) is 5.62. The van der Waals surface area contributed by atoms with Crippen LogP contribution in [0.5, 0.6) is 5.75 Å². The molecule has 4 heteroatoms. The zero-order chi connectivity index (χ0) is 15.8. The van der Waals surface area contributed by atoms with Crippen molar-refractivity contribution in [1.82, 2.24) is 5.32 Å². The Morgan fingerprint density at radius 2 is 1.90 bits per heavy atom. The molecule has 0 bridgehead atoms. The number of hydrogen-bond acceptors (Lipinski definition) is 3. The maximum absolute atomic E-state index is 12.2. The fraction of sp³-hybridized carbons (Fsp3) is 0.588. The fourth-order valence-corrected chi connectivity index (χ4v) is 2.11. The average molecular weight is 292 g/mol. The molecule has 0 radical (unpaired) electrons. The van der Waals surface area contributed by atoms with Gasteiger partial charge in [-0.25, -0.2) is 0 Å².